The Morgan fingerprint density at radius 2 is 1.91 bits per heavy atom. The Bertz CT molecular complexity index is 491. The summed E-state index contributed by atoms with van der Waals surface area (Å²) < 4.78 is 4.98. The molecule has 1 aromatic heterocycles. The lowest BCUT2D eigenvalue weighted by Crippen LogP contribution is -2.42. The van der Waals surface area contributed by atoms with Gasteiger partial charge in [-0.3, -0.25) is 9.59 Å². The van der Waals surface area contributed by atoms with Crippen molar-refractivity contribution in [3.63, 3.8) is 0 Å². The summed E-state index contributed by atoms with van der Waals surface area (Å²) in [4.78, 5) is 23.5. The maximum atomic E-state index is 11.8. The maximum absolute atomic E-state index is 11.8. The molecule has 3 N–H and O–H groups in total. The normalized spacial score (nSPS) is 17.3. The van der Waals surface area contributed by atoms with Crippen molar-refractivity contribution in [3.8, 4) is 0 Å². The van der Waals surface area contributed by atoms with E-state index in [9.17, 15) is 14.7 Å². The summed E-state index contributed by atoms with van der Waals surface area (Å²) >= 11 is 0. The van der Waals surface area contributed by atoms with Gasteiger partial charge in [-0.1, -0.05) is 25.7 Å². The van der Waals surface area contributed by atoms with Gasteiger partial charge in [0.15, 0.2) is 5.76 Å². The van der Waals surface area contributed by atoms with Gasteiger partial charge in [-0.25, -0.2) is 0 Å². The quantitative estimate of drug-likeness (QED) is 0.529. The number of carbonyl (C=O) groups is 2. The molecule has 0 aromatic carbocycles. The molecule has 1 aromatic rings. The van der Waals surface area contributed by atoms with Crippen LogP contribution in [-0.4, -0.2) is 35.6 Å². The molecule has 0 atom stereocenters. The van der Waals surface area contributed by atoms with E-state index in [1.54, 1.807) is 12.1 Å². The summed E-state index contributed by atoms with van der Waals surface area (Å²) in [6.45, 7) is 0.738. The van der Waals surface area contributed by atoms with E-state index in [4.69, 9.17) is 4.42 Å². The van der Waals surface area contributed by atoms with E-state index in [-0.39, 0.29) is 17.6 Å². The molecule has 0 unspecified atom stereocenters. The molecule has 0 radical (unpaired) electrons. The van der Waals surface area contributed by atoms with Crippen LogP contribution in [0.4, 0.5) is 0 Å². The smallest absolute Gasteiger partial charge is 0.286 e. The topological polar surface area (TPSA) is 91.6 Å². The molecule has 6 heteroatoms. The van der Waals surface area contributed by atoms with Gasteiger partial charge in [0.2, 0.25) is 5.91 Å². The second kappa shape index (κ2) is 8.72. The van der Waals surface area contributed by atoms with Crippen molar-refractivity contribution < 1.29 is 19.1 Å². The van der Waals surface area contributed by atoms with Crippen LogP contribution < -0.4 is 10.6 Å². The van der Waals surface area contributed by atoms with Crippen LogP contribution in [0.5, 0.6) is 0 Å². The zero-order chi connectivity index (χ0) is 16.5. The molecule has 1 heterocycles. The van der Waals surface area contributed by atoms with Crippen molar-refractivity contribution in [2.45, 2.75) is 57.0 Å². The van der Waals surface area contributed by atoms with E-state index in [1.165, 1.54) is 6.26 Å². The van der Waals surface area contributed by atoms with Gasteiger partial charge in [0, 0.05) is 19.5 Å². The van der Waals surface area contributed by atoms with Crippen LogP contribution in [0.3, 0.4) is 0 Å². The standard InChI is InChI=1S/C17H26N2O4/c20-15(19-13-17(22)9-3-1-2-4-10-17)8-5-11-18-16(21)14-7-6-12-23-14/h6-7,12,22H,1-5,8-11,13H2,(H,18,21)(H,19,20). The van der Waals surface area contributed by atoms with Crippen molar-refractivity contribution in [1.29, 1.82) is 0 Å². The number of carbonyl (C=O) groups excluding carboxylic acids is 2. The monoisotopic (exact) mass is 322 g/mol. The van der Waals surface area contributed by atoms with Gasteiger partial charge in [-0.15, -0.1) is 0 Å². The minimum atomic E-state index is -0.750. The van der Waals surface area contributed by atoms with Gasteiger partial charge < -0.3 is 20.2 Å². The van der Waals surface area contributed by atoms with Gasteiger partial charge in [-0.2, -0.15) is 0 Å². The molecule has 1 saturated carbocycles. The van der Waals surface area contributed by atoms with Crippen LogP contribution >= 0.6 is 0 Å². The molecule has 1 fully saturated rings. The van der Waals surface area contributed by atoms with Crippen LogP contribution in [0.2, 0.25) is 0 Å². The molecule has 0 bridgehead atoms. The Morgan fingerprint density at radius 1 is 1.17 bits per heavy atom. The van der Waals surface area contributed by atoms with Crippen LogP contribution in [0.1, 0.15) is 61.9 Å². The highest BCUT2D eigenvalue weighted by molar-refractivity contribution is 5.91. The lowest BCUT2D eigenvalue weighted by Gasteiger charge is -2.26. The zero-order valence-corrected chi connectivity index (χ0v) is 13.5. The Labute approximate surface area is 136 Å². The van der Waals surface area contributed by atoms with Gasteiger partial charge >= 0.3 is 0 Å². The fourth-order valence-electron chi connectivity index (χ4n) is 2.86. The fraction of sp³-hybridized carbons (Fsp3) is 0.647. The number of hydrogen-bond donors (Lipinski definition) is 3. The van der Waals surface area contributed by atoms with E-state index in [2.05, 4.69) is 10.6 Å². The van der Waals surface area contributed by atoms with E-state index in [1.807, 2.05) is 0 Å². The minimum Gasteiger partial charge on any atom is -0.459 e. The Kier molecular flexibility index (Phi) is 6.65. The zero-order valence-electron chi connectivity index (χ0n) is 13.5. The summed E-state index contributed by atoms with van der Waals surface area (Å²) in [5, 5.41) is 16.0. The molecule has 128 valence electrons. The third kappa shape index (κ3) is 6.06. The largest absolute Gasteiger partial charge is 0.459 e. The molecule has 6 nitrogen and oxygen atoms in total. The van der Waals surface area contributed by atoms with E-state index >= 15 is 0 Å². The summed E-state index contributed by atoms with van der Waals surface area (Å²) in [5.41, 5.74) is -0.750. The molecular formula is C17H26N2O4. The van der Waals surface area contributed by atoms with Crippen molar-refractivity contribution in [2.75, 3.05) is 13.1 Å². The highest BCUT2D eigenvalue weighted by atomic mass is 16.3. The summed E-state index contributed by atoms with van der Waals surface area (Å²) in [6.07, 6.45) is 8.19. The molecule has 1 aliphatic rings. The number of amides is 2. The molecule has 2 amide bonds. The number of nitrogens with one attached hydrogen (secondary N) is 2. The molecule has 1 aliphatic carbocycles. The first-order valence-corrected chi connectivity index (χ1v) is 8.40. The van der Waals surface area contributed by atoms with E-state index < -0.39 is 5.60 Å². The first-order valence-electron chi connectivity index (χ1n) is 8.40. The average molecular weight is 322 g/mol. The second-order valence-electron chi connectivity index (χ2n) is 6.25. The molecule has 0 spiro atoms. The molecule has 23 heavy (non-hydrogen) atoms. The van der Waals surface area contributed by atoms with Crippen LogP contribution in [0, 0.1) is 0 Å². The lowest BCUT2D eigenvalue weighted by atomic mass is 9.94. The van der Waals surface area contributed by atoms with Crippen LogP contribution in [0.15, 0.2) is 22.8 Å². The highest BCUT2D eigenvalue weighted by Crippen LogP contribution is 2.26. The van der Waals surface area contributed by atoms with Crippen molar-refractivity contribution in [2.24, 2.45) is 0 Å². The second-order valence-corrected chi connectivity index (χ2v) is 6.25. The Balaban J connectivity index is 1.59. The summed E-state index contributed by atoms with van der Waals surface area (Å²) in [6, 6.07) is 3.25. The maximum Gasteiger partial charge on any atom is 0.286 e. The molecule has 0 aliphatic heterocycles. The van der Waals surface area contributed by atoms with E-state index in [0.717, 1.165) is 38.5 Å². The first-order chi connectivity index (χ1) is 11.1. The third-order valence-corrected chi connectivity index (χ3v) is 4.26. The molecule has 0 saturated heterocycles. The predicted molar refractivity (Wildman–Crippen MR) is 85.9 cm³/mol. The highest BCUT2D eigenvalue weighted by Gasteiger charge is 2.28. The fourth-order valence-corrected chi connectivity index (χ4v) is 2.86. The van der Waals surface area contributed by atoms with Crippen LogP contribution in [0.25, 0.3) is 0 Å². The SMILES string of the molecule is O=C(CCCNC(=O)c1ccco1)NCC1(O)CCCCCC1. The van der Waals surface area contributed by atoms with Gasteiger partial charge in [0.1, 0.15) is 0 Å². The Morgan fingerprint density at radius 3 is 2.57 bits per heavy atom. The predicted octanol–water partition coefficient (Wildman–Crippen LogP) is 1.99. The van der Waals surface area contributed by atoms with Crippen LogP contribution in [-0.2, 0) is 4.79 Å². The van der Waals surface area contributed by atoms with Crippen molar-refractivity contribution in [1.82, 2.24) is 10.6 Å². The first kappa shape index (κ1) is 17.5. The number of aliphatic hydroxyl groups is 1. The Hall–Kier alpha value is -1.82. The minimum absolute atomic E-state index is 0.0880. The van der Waals surface area contributed by atoms with E-state index in [0.29, 0.717) is 25.9 Å². The average Bonchev–Trinajstić information content (AvgIpc) is 2.99. The lowest BCUT2D eigenvalue weighted by molar-refractivity contribution is -0.122. The third-order valence-electron chi connectivity index (χ3n) is 4.26. The summed E-state index contributed by atoms with van der Waals surface area (Å²) in [7, 11) is 0. The number of furan rings is 1. The van der Waals surface area contributed by atoms with Crippen molar-refractivity contribution in [3.05, 3.63) is 24.2 Å². The van der Waals surface area contributed by atoms with Gasteiger partial charge in [0.25, 0.3) is 5.91 Å². The van der Waals surface area contributed by atoms with Gasteiger partial charge in [-0.05, 0) is 31.4 Å². The molecule has 2 rings (SSSR count). The summed E-state index contributed by atoms with van der Waals surface area (Å²) in [5.74, 6) is -0.0943. The van der Waals surface area contributed by atoms with Gasteiger partial charge in [0.05, 0.1) is 11.9 Å². The number of hydrogen-bond acceptors (Lipinski definition) is 4. The molecular weight excluding hydrogens is 296 g/mol. The number of rotatable bonds is 7. The van der Waals surface area contributed by atoms with Crippen molar-refractivity contribution >= 4 is 11.8 Å².